The minimum atomic E-state index is -0.968. The van der Waals surface area contributed by atoms with Gasteiger partial charge >= 0.3 is 5.97 Å². The van der Waals surface area contributed by atoms with Crippen LogP contribution in [0.2, 0.25) is 0 Å². The molecule has 7 nitrogen and oxygen atoms in total. The van der Waals surface area contributed by atoms with Gasteiger partial charge in [0.25, 0.3) is 0 Å². The zero-order chi connectivity index (χ0) is 20.4. The van der Waals surface area contributed by atoms with Crippen molar-refractivity contribution in [1.29, 1.82) is 0 Å². The molecule has 0 spiro atoms. The Balaban J connectivity index is 1.99. The molecule has 28 heavy (non-hydrogen) atoms. The Morgan fingerprint density at radius 3 is 2.39 bits per heavy atom. The Morgan fingerprint density at radius 2 is 1.86 bits per heavy atom. The molecule has 150 valence electrons. The van der Waals surface area contributed by atoms with Crippen LogP contribution >= 0.6 is 0 Å². The Bertz CT molecular complexity index is 772. The SMILES string of the molecule is CCOC(Cc1ccc(OC/C(=N\OC)c2ccc(CC)cn2)cc1)C(=O)O. The third-order valence-corrected chi connectivity index (χ3v) is 4.09. The predicted octanol–water partition coefficient (Wildman–Crippen LogP) is 3.11. The van der Waals surface area contributed by atoms with E-state index in [1.165, 1.54) is 7.11 Å². The van der Waals surface area contributed by atoms with Crippen molar-refractivity contribution in [1.82, 2.24) is 4.98 Å². The van der Waals surface area contributed by atoms with Crippen molar-refractivity contribution in [3.05, 3.63) is 59.4 Å². The van der Waals surface area contributed by atoms with Gasteiger partial charge < -0.3 is 19.4 Å². The number of pyridine rings is 1. The number of hydrogen-bond donors (Lipinski definition) is 1. The van der Waals surface area contributed by atoms with Gasteiger partial charge in [-0.05, 0) is 42.7 Å². The zero-order valence-electron chi connectivity index (χ0n) is 16.4. The second kappa shape index (κ2) is 11.0. The number of carbonyl (C=O) groups is 1. The van der Waals surface area contributed by atoms with Crippen molar-refractivity contribution in [3.63, 3.8) is 0 Å². The summed E-state index contributed by atoms with van der Waals surface area (Å²) in [5, 5.41) is 13.2. The summed E-state index contributed by atoms with van der Waals surface area (Å²) in [6, 6.07) is 11.1. The number of nitrogens with zero attached hydrogens (tertiary/aromatic N) is 2. The number of hydrogen-bond acceptors (Lipinski definition) is 6. The number of rotatable bonds is 11. The molecule has 7 heteroatoms. The topological polar surface area (TPSA) is 90.2 Å². The first-order valence-corrected chi connectivity index (χ1v) is 9.18. The summed E-state index contributed by atoms with van der Waals surface area (Å²) < 4.78 is 11.0. The number of benzene rings is 1. The third-order valence-electron chi connectivity index (χ3n) is 4.09. The molecule has 0 aliphatic heterocycles. The van der Waals surface area contributed by atoms with Gasteiger partial charge in [-0.2, -0.15) is 0 Å². The lowest BCUT2D eigenvalue weighted by molar-refractivity contribution is -0.149. The van der Waals surface area contributed by atoms with Gasteiger partial charge in [0.05, 0.1) is 5.69 Å². The quantitative estimate of drug-likeness (QED) is 0.471. The van der Waals surface area contributed by atoms with Crippen LogP contribution in [0.5, 0.6) is 5.75 Å². The van der Waals surface area contributed by atoms with Crippen LogP contribution in [0.1, 0.15) is 30.7 Å². The highest BCUT2D eigenvalue weighted by molar-refractivity contribution is 5.99. The number of aromatic nitrogens is 1. The Hall–Kier alpha value is -2.93. The Labute approximate surface area is 165 Å². The van der Waals surface area contributed by atoms with E-state index in [0.29, 0.717) is 30.2 Å². The summed E-state index contributed by atoms with van der Waals surface area (Å²) in [4.78, 5) is 20.5. The van der Waals surface area contributed by atoms with Crippen molar-refractivity contribution in [2.24, 2.45) is 5.16 Å². The highest BCUT2D eigenvalue weighted by Crippen LogP contribution is 2.15. The zero-order valence-corrected chi connectivity index (χ0v) is 16.4. The van der Waals surface area contributed by atoms with Crippen LogP contribution < -0.4 is 4.74 Å². The monoisotopic (exact) mass is 386 g/mol. The van der Waals surface area contributed by atoms with E-state index in [1.807, 2.05) is 30.5 Å². The van der Waals surface area contributed by atoms with Gasteiger partial charge in [0, 0.05) is 19.2 Å². The first-order chi connectivity index (χ1) is 13.6. The van der Waals surface area contributed by atoms with E-state index < -0.39 is 12.1 Å². The number of carboxylic acids is 1. The Kier molecular flexibility index (Phi) is 8.42. The molecule has 0 fully saturated rings. The molecule has 1 aromatic carbocycles. The van der Waals surface area contributed by atoms with E-state index in [0.717, 1.165) is 17.5 Å². The minimum absolute atomic E-state index is 0.197. The summed E-state index contributed by atoms with van der Waals surface area (Å²) in [5.74, 6) is -0.329. The molecule has 0 radical (unpaired) electrons. The molecule has 1 aromatic heterocycles. The van der Waals surface area contributed by atoms with Crippen LogP contribution in [0.25, 0.3) is 0 Å². The lowest BCUT2D eigenvalue weighted by Crippen LogP contribution is -2.26. The van der Waals surface area contributed by atoms with Crippen LogP contribution in [0.3, 0.4) is 0 Å². The molecular weight excluding hydrogens is 360 g/mol. The minimum Gasteiger partial charge on any atom is -0.487 e. The predicted molar refractivity (Wildman–Crippen MR) is 106 cm³/mol. The number of aryl methyl sites for hydroxylation is 1. The molecule has 2 aromatic rings. The molecule has 0 aliphatic rings. The summed E-state index contributed by atoms with van der Waals surface area (Å²) in [5.41, 5.74) is 3.27. The van der Waals surface area contributed by atoms with E-state index in [9.17, 15) is 9.90 Å². The molecule has 0 amide bonds. The van der Waals surface area contributed by atoms with Gasteiger partial charge in [-0.25, -0.2) is 4.79 Å². The van der Waals surface area contributed by atoms with E-state index in [1.54, 1.807) is 19.1 Å². The first-order valence-electron chi connectivity index (χ1n) is 9.18. The molecule has 0 saturated heterocycles. The molecule has 1 N–H and O–H groups in total. The van der Waals surface area contributed by atoms with Crippen LogP contribution in [0.15, 0.2) is 47.8 Å². The molecule has 2 rings (SSSR count). The fourth-order valence-corrected chi connectivity index (χ4v) is 2.57. The molecule has 1 heterocycles. The largest absolute Gasteiger partial charge is 0.487 e. The van der Waals surface area contributed by atoms with Gasteiger partial charge in [0.2, 0.25) is 0 Å². The first kappa shape index (κ1) is 21.4. The number of carboxylic acid groups (broad SMARTS) is 1. The van der Waals surface area contributed by atoms with Crippen LogP contribution in [-0.2, 0) is 27.2 Å². The van der Waals surface area contributed by atoms with Gasteiger partial charge in [-0.3, -0.25) is 4.98 Å². The smallest absolute Gasteiger partial charge is 0.333 e. The van der Waals surface area contributed by atoms with Crippen molar-refractivity contribution in [2.75, 3.05) is 20.3 Å². The van der Waals surface area contributed by atoms with Crippen LogP contribution in [-0.4, -0.2) is 48.2 Å². The van der Waals surface area contributed by atoms with Crippen molar-refractivity contribution >= 4 is 11.7 Å². The maximum absolute atomic E-state index is 11.2. The lowest BCUT2D eigenvalue weighted by atomic mass is 10.1. The number of ether oxygens (including phenoxy) is 2. The van der Waals surface area contributed by atoms with Crippen LogP contribution in [0.4, 0.5) is 0 Å². The van der Waals surface area contributed by atoms with Crippen molar-refractivity contribution < 1.29 is 24.2 Å². The molecule has 1 unspecified atom stereocenters. The molecule has 0 bridgehead atoms. The highest BCUT2D eigenvalue weighted by Gasteiger charge is 2.18. The maximum Gasteiger partial charge on any atom is 0.333 e. The molecular formula is C21H26N2O5. The average molecular weight is 386 g/mol. The standard InChI is InChI=1S/C21H26N2O5/c1-4-15-8-11-18(22-13-15)19(23-26-3)14-28-17-9-6-16(7-10-17)12-20(21(24)25)27-5-2/h6-11,13,20H,4-5,12,14H2,1-3H3,(H,24,25)/b23-19+. The number of oxime groups is 1. The molecule has 0 saturated carbocycles. The van der Waals surface area contributed by atoms with Crippen molar-refractivity contribution in [2.45, 2.75) is 32.8 Å². The highest BCUT2D eigenvalue weighted by atomic mass is 16.6. The van der Waals surface area contributed by atoms with Crippen LogP contribution in [0, 0.1) is 0 Å². The van der Waals surface area contributed by atoms with Crippen molar-refractivity contribution in [3.8, 4) is 5.75 Å². The summed E-state index contributed by atoms with van der Waals surface area (Å²) in [6.45, 7) is 4.40. The summed E-state index contributed by atoms with van der Waals surface area (Å²) in [6.07, 6.45) is 2.17. The molecule has 0 aliphatic carbocycles. The van der Waals surface area contributed by atoms with Gasteiger partial charge in [0.15, 0.2) is 6.10 Å². The second-order valence-corrected chi connectivity index (χ2v) is 6.04. The average Bonchev–Trinajstić information content (AvgIpc) is 2.72. The van der Waals surface area contributed by atoms with E-state index in [2.05, 4.69) is 17.1 Å². The Morgan fingerprint density at radius 1 is 1.14 bits per heavy atom. The maximum atomic E-state index is 11.2. The fourth-order valence-electron chi connectivity index (χ4n) is 2.57. The number of aliphatic carboxylic acids is 1. The van der Waals surface area contributed by atoms with Gasteiger partial charge in [-0.1, -0.05) is 30.3 Å². The summed E-state index contributed by atoms with van der Waals surface area (Å²) >= 11 is 0. The third kappa shape index (κ3) is 6.35. The van der Waals surface area contributed by atoms with Gasteiger partial charge in [0.1, 0.15) is 25.2 Å². The van der Waals surface area contributed by atoms with Gasteiger partial charge in [-0.15, -0.1) is 0 Å². The summed E-state index contributed by atoms with van der Waals surface area (Å²) in [7, 11) is 1.48. The van der Waals surface area contributed by atoms with E-state index in [4.69, 9.17) is 14.3 Å². The van der Waals surface area contributed by atoms with E-state index >= 15 is 0 Å². The lowest BCUT2D eigenvalue weighted by Gasteiger charge is -2.13. The van der Waals surface area contributed by atoms with E-state index in [-0.39, 0.29) is 6.61 Å². The normalized spacial score (nSPS) is 12.5. The fraction of sp³-hybridized carbons (Fsp3) is 0.381. The molecule has 1 atom stereocenters. The second-order valence-electron chi connectivity index (χ2n) is 6.04.